The standard InChI is InChI=1S/C43H48N8O3/c1-29(30-16-18-33(54-3)19-17-30)50(36-13-4-9-31-10-7-21-45-39(31)36)28-35-41(51-37(47-35)14-5-15-38(51)49-25-23-48(2)24-26-49)43(53)40-34(12-8-22-46-40)42(52)32-11-6-20-44-27-32/h5-8,10-12,14-22,27,29,36,42-43,52-53H,4,9,13,23-26,28H2,1-3H3/t29-,36-,42?,43?/m0/s1. The van der Waals surface area contributed by atoms with Crippen LogP contribution in [-0.4, -0.2) is 84.7 Å². The molecule has 1 saturated heterocycles. The molecule has 0 radical (unpaired) electrons. The first-order chi connectivity index (χ1) is 26.4. The predicted molar refractivity (Wildman–Crippen MR) is 208 cm³/mol. The number of nitrogens with zero attached hydrogens (tertiary/aromatic N) is 8. The first-order valence-corrected chi connectivity index (χ1v) is 18.9. The second-order valence-corrected chi connectivity index (χ2v) is 14.5. The molecule has 11 nitrogen and oxygen atoms in total. The number of hydrogen-bond acceptors (Lipinski definition) is 10. The number of hydrogen-bond donors (Lipinski definition) is 2. The Balaban J connectivity index is 1.29. The fourth-order valence-electron chi connectivity index (χ4n) is 8.23. The van der Waals surface area contributed by atoms with Crippen LogP contribution in [0.1, 0.15) is 89.1 Å². The molecule has 4 atom stereocenters. The number of benzene rings is 1. The van der Waals surface area contributed by atoms with Gasteiger partial charge in [0.1, 0.15) is 29.4 Å². The van der Waals surface area contributed by atoms with Gasteiger partial charge >= 0.3 is 0 Å². The van der Waals surface area contributed by atoms with Gasteiger partial charge in [0.25, 0.3) is 0 Å². The summed E-state index contributed by atoms with van der Waals surface area (Å²) in [4.78, 5) is 26.5. The molecule has 1 aliphatic carbocycles. The van der Waals surface area contributed by atoms with Gasteiger partial charge in [-0.2, -0.15) is 0 Å². The summed E-state index contributed by atoms with van der Waals surface area (Å²) in [5.41, 5.74) is 7.18. The Bertz CT molecular complexity index is 2190. The normalized spacial score (nSPS) is 18.0. The minimum atomic E-state index is -1.21. The smallest absolute Gasteiger partial charge is 0.139 e. The molecular weight excluding hydrogens is 677 g/mol. The molecule has 5 aromatic heterocycles. The lowest BCUT2D eigenvalue weighted by molar-refractivity contribution is 0.112. The largest absolute Gasteiger partial charge is 0.497 e. The summed E-state index contributed by atoms with van der Waals surface area (Å²) in [5, 5.41) is 24.5. The molecule has 0 amide bonds. The number of imidazole rings is 1. The van der Waals surface area contributed by atoms with E-state index in [2.05, 4.69) is 62.3 Å². The number of aliphatic hydroxyl groups excluding tert-OH is 2. The maximum atomic E-state index is 12.8. The molecule has 6 aromatic rings. The van der Waals surface area contributed by atoms with Crippen molar-refractivity contribution in [2.75, 3.05) is 45.2 Å². The Labute approximate surface area is 316 Å². The fraction of sp³-hybridized carbons (Fsp3) is 0.349. The molecular formula is C43H48N8O3. The van der Waals surface area contributed by atoms with Crippen molar-refractivity contribution in [3.8, 4) is 5.75 Å². The average molecular weight is 725 g/mol. The first kappa shape index (κ1) is 35.8. The van der Waals surface area contributed by atoms with Crippen molar-refractivity contribution in [2.45, 2.75) is 57.0 Å². The van der Waals surface area contributed by atoms with Crippen molar-refractivity contribution in [2.24, 2.45) is 0 Å². The number of likely N-dealkylation sites (N-methyl/N-ethyl adjacent to an activating group) is 1. The Morgan fingerprint density at radius 1 is 0.852 bits per heavy atom. The van der Waals surface area contributed by atoms with Crippen LogP contribution in [0.25, 0.3) is 5.65 Å². The van der Waals surface area contributed by atoms with Gasteiger partial charge in [-0.1, -0.05) is 36.4 Å². The van der Waals surface area contributed by atoms with Gasteiger partial charge in [-0.15, -0.1) is 0 Å². The predicted octanol–water partition coefficient (Wildman–Crippen LogP) is 6.08. The molecule has 1 fully saturated rings. The molecule has 0 saturated carbocycles. The van der Waals surface area contributed by atoms with Gasteiger partial charge in [-0.05, 0) is 86.8 Å². The van der Waals surface area contributed by atoms with Crippen molar-refractivity contribution < 1.29 is 14.9 Å². The van der Waals surface area contributed by atoms with Crippen LogP contribution in [0.5, 0.6) is 5.75 Å². The number of fused-ring (bicyclic) bond motifs is 2. The highest BCUT2D eigenvalue weighted by molar-refractivity contribution is 5.57. The third-order valence-electron chi connectivity index (χ3n) is 11.2. The fourth-order valence-corrected chi connectivity index (χ4v) is 8.23. The molecule has 6 heterocycles. The van der Waals surface area contributed by atoms with Crippen LogP contribution in [0, 0.1) is 0 Å². The van der Waals surface area contributed by atoms with Crippen LogP contribution < -0.4 is 9.64 Å². The van der Waals surface area contributed by atoms with Crippen molar-refractivity contribution in [3.05, 3.63) is 149 Å². The van der Waals surface area contributed by atoms with Crippen LogP contribution in [0.4, 0.5) is 5.82 Å². The number of anilines is 1. The number of ether oxygens (including phenoxy) is 1. The SMILES string of the molecule is COc1ccc([C@H](C)N(Cc2nc3cccc(N4CCN(C)CC4)n3c2C(O)c2ncccc2C(O)c2cccnc2)[C@H]2CCCc3cccnc32)cc1. The third-order valence-corrected chi connectivity index (χ3v) is 11.2. The highest BCUT2D eigenvalue weighted by atomic mass is 16.5. The van der Waals surface area contributed by atoms with E-state index >= 15 is 0 Å². The van der Waals surface area contributed by atoms with Crippen LogP contribution in [0.2, 0.25) is 0 Å². The van der Waals surface area contributed by atoms with Crippen LogP contribution in [0.15, 0.2) is 104 Å². The van der Waals surface area contributed by atoms with Gasteiger partial charge in [0.05, 0.1) is 35.9 Å². The molecule has 1 aromatic carbocycles. The zero-order valence-corrected chi connectivity index (χ0v) is 31.2. The zero-order chi connectivity index (χ0) is 37.2. The molecule has 8 rings (SSSR count). The second-order valence-electron chi connectivity index (χ2n) is 14.5. The zero-order valence-electron chi connectivity index (χ0n) is 31.2. The number of piperazine rings is 1. The second kappa shape index (κ2) is 15.6. The van der Waals surface area contributed by atoms with E-state index in [1.54, 1.807) is 37.8 Å². The van der Waals surface area contributed by atoms with Gasteiger partial charge < -0.3 is 24.7 Å². The van der Waals surface area contributed by atoms with E-state index < -0.39 is 12.2 Å². The number of pyridine rings is 4. The monoisotopic (exact) mass is 724 g/mol. The molecule has 2 aliphatic rings. The number of aryl methyl sites for hydroxylation is 1. The number of aliphatic hydroxyl groups is 2. The average Bonchev–Trinajstić information content (AvgIpc) is 3.61. The quantitative estimate of drug-likeness (QED) is 0.163. The highest BCUT2D eigenvalue weighted by Gasteiger charge is 2.35. The Morgan fingerprint density at radius 2 is 1.63 bits per heavy atom. The summed E-state index contributed by atoms with van der Waals surface area (Å²) in [5.74, 6) is 1.78. The molecule has 0 spiro atoms. The topological polar surface area (TPSA) is 115 Å². The van der Waals surface area contributed by atoms with Gasteiger partial charge in [-0.25, -0.2) is 4.98 Å². The lowest BCUT2D eigenvalue weighted by atomic mass is 9.89. The van der Waals surface area contributed by atoms with Crippen LogP contribution >= 0.6 is 0 Å². The van der Waals surface area contributed by atoms with E-state index in [1.807, 2.05) is 48.7 Å². The summed E-state index contributed by atoms with van der Waals surface area (Å²) in [6, 6.07) is 25.9. The van der Waals surface area contributed by atoms with E-state index in [9.17, 15) is 10.2 Å². The van der Waals surface area contributed by atoms with E-state index in [1.165, 1.54) is 5.56 Å². The van der Waals surface area contributed by atoms with Gasteiger partial charge in [0, 0.05) is 74.7 Å². The van der Waals surface area contributed by atoms with E-state index in [0.29, 0.717) is 29.1 Å². The summed E-state index contributed by atoms with van der Waals surface area (Å²) < 4.78 is 7.62. The summed E-state index contributed by atoms with van der Waals surface area (Å²) in [7, 11) is 3.83. The molecule has 11 heteroatoms. The highest BCUT2D eigenvalue weighted by Crippen LogP contribution is 2.41. The summed E-state index contributed by atoms with van der Waals surface area (Å²) >= 11 is 0. The van der Waals surface area contributed by atoms with Crippen molar-refractivity contribution in [1.82, 2.24) is 34.1 Å². The minimum Gasteiger partial charge on any atom is -0.497 e. The summed E-state index contributed by atoms with van der Waals surface area (Å²) in [6.07, 6.45) is 7.65. The molecule has 2 N–H and O–H groups in total. The molecule has 278 valence electrons. The van der Waals surface area contributed by atoms with Crippen LogP contribution in [0.3, 0.4) is 0 Å². The van der Waals surface area contributed by atoms with Crippen LogP contribution in [-0.2, 0) is 13.0 Å². The third kappa shape index (κ3) is 6.96. The van der Waals surface area contributed by atoms with Crippen molar-refractivity contribution in [3.63, 3.8) is 0 Å². The number of rotatable bonds is 11. The Hall–Kier alpha value is -5.20. The van der Waals surface area contributed by atoms with Gasteiger partial charge in [-0.3, -0.25) is 24.3 Å². The number of aromatic nitrogens is 5. The van der Waals surface area contributed by atoms with E-state index in [-0.39, 0.29) is 12.1 Å². The van der Waals surface area contributed by atoms with E-state index in [4.69, 9.17) is 19.7 Å². The lowest BCUT2D eigenvalue weighted by Crippen LogP contribution is -2.45. The first-order valence-electron chi connectivity index (χ1n) is 18.9. The van der Waals surface area contributed by atoms with Gasteiger partial charge in [0.15, 0.2) is 0 Å². The number of methoxy groups -OCH3 is 1. The Kier molecular flexibility index (Phi) is 10.4. The van der Waals surface area contributed by atoms with E-state index in [0.717, 1.165) is 79.6 Å². The van der Waals surface area contributed by atoms with Crippen molar-refractivity contribution >= 4 is 11.5 Å². The Morgan fingerprint density at radius 3 is 2.41 bits per heavy atom. The minimum absolute atomic E-state index is 0.0248. The lowest BCUT2D eigenvalue weighted by Gasteiger charge is -2.39. The maximum Gasteiger partial charge on any atom is 0.139 e. The summed E-state index contributed by atoms with van der Waals surface area (Å²) in [6.45, 7) is 6.23. The molecule has 0 bridgehead atoms. The molecule has 1 aliphatic heterocycles. The molecule has 54 heavy (non-hydrogen) atoms. The molecule has 2 unspecified atom stereocenters. The van der Waals surface area contributed by atoms with Gasteiger partial charge in [0.2, 0.25) is 0 Å². The van der Waals surface area contributed by atoms with Crippen molar-refractivity contribution in [1.29, 1.82) is 0 Å². The maximum absolute atomic E-state index is 12.8.